The number of allylic oxidation sites excluding steroid dienone is 1. The number of methoxy groups -OCH3 is 2. The number of hydrogen-bond donors (Lipinski definition) is 0. The van der Waals surface area contributed by atoms with Crippen molar-refractivity contribution in [2.75, 3.05) is 14.2 Å². The van der Waals surface area contributed by atoms with E-state index in [4.69, 9.17) is 18.4 Å². The summed E-state index contributed by atoms with van der Waals surface area (Å²) in [5.41, 5.74) is 1.45. The number of hydrogen-bond acceptors (Lipinski definition) is 3. The molecule has 0 aliphatic heterocycles. The van der Waals surface area contributed by atoms with Crippen LogP contribution >= 0.6 is 8.96 Å². The van der Waals surface area contributed by atoms with Gasteiger partial charge in [0.15, 0.2) is 0 Å². The molecule has 0 amide bonds. The fourth-order valence-electron chi connectivity index (χ4n) is 1.96. The van der Waals surface area contributed by atoms with Crippen LogP contribution in [0.4, 0.5) is 0 Å². The van der Waals surface area contributed by atoms with Gasteiger partial charge in [0, 0.05) is 0 Å². The summed E-state index contributed by atoms with van der Waals surface area (Å²) in [6.45, 7) is 0. The zero-order chi connectivity index (χ0) is 15.9. The van der Waals surface area contributed by atoms with E-state index in [-0.39, 0.29) is 5.78 Å². The maximum absolute atomic E-state index is 12.6. The fraction of sp³-hybridized carbons (Fsp3) is 0.118. The van der Waals surface area contributed by atoms with Crippen LogP contribution in [-0.2, 0) is 0 Å². The first kappa shape index (κ1) is 16.9. The third-order valence-corrected chi connectivity index (χ3v) is 5.67. The van der Waals surface area contributed by atoms with Gasteiger partial charge in [0.05, 0.1) is 0 Å². The van der Waals surface area contributed by atoms with Gasteiger partial charge in [0.25, 0.3) is 0 Å². The summed E-state index contributed by atoms with van der Waals surface area (Å²) in [5, 5.41) is 0. The van der Waals surface area contributed by atoms with Crippen molar-refractivity contribution < 1.29 is 14.3 Å². The van der Waals surface area contributed by atoms with E-state index in [1.807, 2.05) is 30.3 Å². The second kappa shape index (κ2) is 8.24. The molecule has 0 fully saturated rings. The first-order chi connectivity index (χ1) is 10.7. The van der Waals surface area contributed by atoms with Crippen molar-refractivity contribution in [2.24, 2.45) is 0 Å². The molecule has 0 spiro atoms. The molecule has 2 aromatic rings. The number of carbonyl (C=O) groups excluding carboxylic acids is 1. The Hall–Kier alpha value is -1.47. The number of benzene rings is 2. The number of halogens is 1. The molecule has 0 aromatic heterocycles. The Morgan fingerprint density at radius 1 is 1.09 bits per heavy atom. The van der Waals surface area contributed by atoms with E-state index in [0.717, 1.165) is 9.18 Å². The zero-order valence-electron chi connectivity index (χ0n) is 12.2. The summed E-state index contributed by atoms with van der Waals surface area (Å²) in [6, 6.07) is 14.9. The molecule has 0 saturated carbocycles. The second-order valence-corrected chi connectivity index (χ2v) is 7.11. The minimum absolute atomic E-state index is 0.139. The van der Waals surface area contributed by atoms with Crippen molar-refractivity contribution in [3.05, 3.63) is 65.7 Å². The molecular formula is C17H15ClO3Te. The van der Waals surface area contributed by atoms with E-state index in [9.17, 15) is 4.79 Å². The van der Waals surface area contributed by atoms with Gasteiger partial charge in [0.2, 0.25) is 0 Å². The van der Waals surface area contributed by atoms with Gasteiger partial charge >= 0.3 is 144 Å². The second-order valence-electron chi connectivity index (χ2n) is 4.38. The quantitative estimate of drug-likeness (QED) is 0.398. The Labute approximate surface area is 143 Å². The van der Waals surface area contributed by atoms with Crippen LogP contribution in [0.1, 0.15) is 15.9 Å². The third kappa shape index (κ3) is 4.04. The molecule has 0 atom stereocenters. The number of carbonyl (C=O) groups is 1. The van der Waals surface area contributed by atoms with Gasteiger partial charge in [0.1, 0.15) is 0 Å². The average molecular weight is 430 g/mol. The first-order valence-corrected chi connectivity index (χ1v) is 10.6. The predicted molar refractivity (Wildman–Crippen MR) is 89.9 cm³/mol. The molecule has 2 aromatic carbocycles. The van der Waals surface area contributed by atoms with Crippen LogP contribution in [0.15, 0.2) is 54.6 Å². The summed E-state index contributed by atoms with van der Waals surface area (Å²) < 4.78 is 11.3. The Morgan fingerprint density at radius 3 is 2.41 bits per heavy atom. The van der Waals surface area contributed by atoms with Crippen molar-refractivity contribution >= 4 is 38.2 Å². The molecular weight excluding hydrogens is 415 g/mol. The van der Waals surface area contributed by atoms with Crippen molar-refractivity contribution in [1.29, 1.82) is 0 Å². The van der Waals surface area contributed by atoms with Crippen LogP contribution in [0, 0.1) is 0 Å². The third-order valence-electron chi connectivity index (χ3n) is 3.08. The Bertz CT molecular complexity index is 684. The molecule has 3 nitrogen and oxygen atoms in total. The normalized spacial score (nSPS) is 11.1. The molecule has 0 radical (unpaired) electrons. The van der Waals surface area contributed by atoms with E-state index >= 15 is 0 Å². The van der Waals surface area contributed by atoms with Crippen LogP contribution in [0.5, 0.6) is 11.5 Å². The van der Waals surface area contributed by atoms with Gasteiger partial charge in [-0.25, -0.2) is 0 Å². The topological polar surface area (TPSA) is 35.5 Å². The van der Waals surface area contributed by atoms with Gasteiger partial charge in [-0.05, 0) is 0 Å². The summed E-state index contributed by atoms with van der Waals surface area (Å²) in [6.07, 6.45) is 1.60. The molecule has 22 heavy (non-hydrogen) atoms. The standard InChI is InChI=1S/C17H15ClO3Te/c1-20-13-8-9-16(21-2)14(10-13)15(19)11-17(22-18)12-6-4-3-5-7-12/h3-11H,1-2H3/b17-11-. The van der Waals surface area contributed by atoms with E-state index in [1.165, 1.54) is 7.11 Å². The molecule has 0 heterocycles. The van der Waals surface area contributed by atoms with Gasteiger partial charge in [-0.15, -0.1) is 0 Å². The Morgan fingerprint density at radius 2 is 1.82 bits per heavy atom. The van der Waals surface area contributed by atoms with Crippen molar-refractivity contribution in [3.63, 3.8) is 0 Å². The van der Waals surface area contributed by atoms with Crippen LogP contribution in [0.25, 0.3) is 3.62 Å². The maximum atomic E-state index is 12.6. The SMILES string of the molecule is COc1ccc(OC)c(C(=O)/C=C(\[Te]Cl)c2ccccc2)c1. The number of ether oxygens (including phenoxy) is 2. The molecule has 0 aliphatic rings. The molecule has 0 bridgehead atoms. The van der Waals surface area contributed by atoms with Gasteiger partial charge in [-0.1, -0.05) is 0 Å². The minimum atomic E-state index is -0.930. The predicted octanol–water partition coefficient (Wildman–Crippen LogP) is 3.79. The first-order valence-electron chi connectivity index (χ1n) is 6.51. The molecule has 0 N–H and O–H groups in total. The van der Waals surface area contributed by atoms with Crippen LogP contribution in [0.3, 0.4) is 0 Å². The van der Waals surface area contributed by atoms with E-state index in [1.54, 1.807) is 31.4 Å². The summed E-state index contributed by atoms with van der Waals surface area (Å²) >= 11 is -0.930. The van der Waals surface area contributed by atoms with Crippen molar-refractivity contribution in [3.8, 4) is 11.5 Å². The number of rotatable bonds is 6. The molecule has 0 saturated heterocycles. The van der Waals surface area contributed by atoms with Gasteiger partial charge < -0.3 is 0 Å². The van der Waals surface area contributed by atoms with Crippen molar-refractivity contribution in [2.45, 2.75) is 0 Å². The fourth-order valence-corrected chi connectivity index (χ4v) is 3.93. The zero-order valence-corrected chi connectivity index (χ0v) is 15.3. The van der Waals surface area contributed by atoms with Crippen LogP contribution < -0.4 is 9.47 Å². The number of ketones is 1. The molecule has 0 unspecified atom stereocenters. The Balaban J connectivity index is 2.40. The summed E-state index contributed by atoms with van der Waals surface area (Å²) in [4.78, 5) is 12.6. The average Bonchev–Trinajstić information content (AvgIpc) is 2.59. The van der Waals surface area contributed by atoms with Gasteiger partial charge in [-0.3, -0.25) is 0 Å². The van der Waals surface area contributed by atoms with E-state index in [2.05, 4.69) is 0 Å². The molecule has 5 heteroatoms. The summed E-state index contributed by atoms with van der Waals surface area (Å²) in [5.74, 6) is 0.992. The summed E-state index contributed by atoms with van der Waals surface area (Å²) in [7, 11) is 9.22. The monoisotopic (exact) mass is 432 g/mol. The van der Waals surface area contributed by atoms with Crippen LogP contribution in [-0.4, -0.2) is 39.8 Å². The van der Waals surface area contributed by atoms with E-state index in [0.29, 0.717) is 17.1 Å². The van der Waals surface area contributed by atoms with Crippen molar-refractivity contribution in [1.82, 2.24) is 0 Å². The molecule has 2 rings (SSSR count). The van der Waals surface area contributed by atoms with Crippen LogP contribution in [0.2, 0.25) is 0 Å². The van der Waals surface area contributed by atoms with Gasteiger partial charge in [-0.2, -0.15) is 0 Å². The molecule has 114 valence electrons. The Kier molecular flexibility index (Phi) is 6.33. The molecule has 0 aliphatic carbocycles. The van der Waals surface area contributed by atoms with E-state index < -0.39 is 19.8 Å².